The van der Waals surface area contributed by atoms with Gasteiger partial charge in [-0.2, -0.15) is 0 Å². The number of aromatic nitrogens is 1. The van der Waals surface area contributed by atoms with E-state index in [0.29, 0.717) is 12.0 Å². The van der Waals surface area contributed by atoms with E-state index in [-0.39, 0.29) is 24.0 Å². The Morgan fingerprint density at radius 2 is 1.90 bits per heavy atom. The fourth-order valence-corrected chi connectivity index (χ4v) is 4.16. The third kappa shape index (κ3) is 7.85. The molecule has 2 saturated heterocycles. The average Bonchev–Trinajstić information content (AvgIpc) is 3.28. The van der Waals surface area contributed by atoms with Crippen LogP contribution in [0.2, 0.25) is 0 Å². The van der Waals surface area contributed by atoms with Gasteiger partial charge in [-0.05, 0) is 42.9 Å². The topological polar surface area (TPSA) is 65.0 Å². The Balaban J connectivity index is 0.00000320. The Morgan fingerprint density at radius 3 is 2.57 bits per heavy atom. The fraction of sp³-hybridized carbons (Fsp3) is 0.727. The number of guanidine groups is 1. The minimum atomic E-state index is 0. The van der Waals surface area contributed by atoms with Crippen LogP contribution in [0.5, 0.6) is 0 Å². The summed E-state index contributed by atoms with van der Waals surface area (Å²) in [5.74, 6) is 2.61. The lowest BCUT2D eigenvalue weighted by atomic mass is 10.0. The van der Waals surface area contributed by atoms with E-state index in [0.717, 1.165) is 64.3 Å². The van der Waals surface area contributed by atoms with Gasteiger partial charge in [0.25, 0.3) is 0 Å². The van der Waals surface area contributed by atoms with Crippen LogP contribution in [0.4, 0.5) is 5.82 Å². The van der Waals surface area contributed by atoms with Crippen molar-refractivity contribution in [3.8, 4) is 0 Å². The van der Waals surface area contributed by atoms with Gasteiger partial charge in [0.2, 0.25) is 0 Å². The van der Waals surface area contributed by atoms with Crippen molar-refractivity contribution < 1.29 is 4.74 Å². The molecule has 1 unspecified atom stereocenters. The second-order valence-electron chi connectivity index (χ2n) is 8.45. The van der Waals surface area contributed by atoms with E-state index >= 15 is 0 Å². The molecule has 2 aliphatic heterocycles. The van der Waals surface area contributed by atoms with Crippen LogP contribution in [-0.4, -0.2) is 74.9 Å². The number of rotatable bonds is 8. The fourth-order valence-electron chi connectivity index (χ4n) is 4.16. The number of morpholine rings is 1. The Bertz CT molecular complexity index is 644. The predicted octanol–water partition coefficient (Wildman–Crippen LogP) is 2.71. The number of halogens is 1. The quantitative estimate of drug-likeness (QED) is 0.306. The largest absolute Gasteiger partial charge is 0.379 e. The Morgan fingerprint density at radius 1 is 1.17 bits per heavy atom. The lowest BCUT2D eigenvalue weighted by molar-refractivity contribution is 0.0132. The molecule has 0 aliphatic carbocycles. The van der Waals surface area contributed by atoms with Crippen LogP contribution in [0.15, 0.2) is 23.3 Å². The van der Waals surface area contributed by atoms with E-state index in [1.54, 1.807) is 0 Å². The predicted molar refractivity (Wildman–Crippen MR) is 135 cm³/mol. The van der Waals surface area contributed by atoms with Crippen LogP contribution in [0.3, 0.4) is 0 Å². The summed E-state index contributed by atoms with van der Waals surface area (Å²) < 4.78 is 5.53. The minimum absolute atomic E-state index is 0. The van der Waals surface area contributed by atoms with Crippen molar-refractivity contribution in [1.29, 1.82) is 0 Å². The minimum Gasteiger partial charge on any atom is -0.379 e. The average molecular weight is 530 g/mol. The maximum absolute atomic E-state index is 5.53. The summed E-state index contributed by atoms with van der Waals surface area (Å²) in [6.07, 6.45) is 5.62. The highest BCUT2D eigenvalue weighted by atomic mass is 127. The molecule has 3 rings (SSSR count). The number of pyridine rings is 1. The van der Waals surface area contributed by atoms with Crippen molar-refractivity contribution in [3.63, 3.8) is 0 Å². The highest BCUT2D eigenvalue weighted by molar-refractivity contribution is 14.0. The molecule has 0 amide bonds. The van der Waals surface area contributed by atoms with Gasteiger partial charge in [0.15, 0.2) is 5.96 Å². The summed E-state index contributed by atoms with van der Waals surface area (Å²) in [6, 6.07) is 4.77. The molecule has 0 aromatic carbocycles. The molecule has 170 valence electrons. The molecule has 0 saturated carbocycles. The Labute approximate surface area is 199 Å². The van der Waals surface area contributed by atoms with Crippen LogP contribution in [-0.2, 0) is 11.3 Å². The first-order chi connectivity index (χ1) is 14.2. The summed E-state index contributed by atoms with van der Waals surface area (Å²) in [7, 11) is 1.84. The molecule has 8 heteroatoms. The summed E-state index contributed by atoms with van der Waals surface area (Å²) in [5.41, 5.74) is 1.23. The number of aliphatic imine (C=N–C) groups is 1. The molecule has 2 fully saturated rings. The maximum Gasteiger partial charge on any atom is 0.191 e. The maximum atomic E-state index is 5.53. The third-order valence-corrected chi connectivity index (χ3v) is 5.73. The lowest BCUT2D eigenvalue weighted by Gasteiger charge is -2.35. The first kappa shape index (κ1) is 25.1. The standard InChI is InChI=1S/C22H38N6O.HI/c1-18(2)14-20(27-10-12-29-13-11-27)17-26-22(23-3)25-16-19-6-7-24-21(15-19)28-8-4-5-9-28;/h6-7,15,18,20H,4-5,8-14,16-17H2,1-3H3,(H2,23,25,26);1H. The van der Waals surface area contributed by atoms with E-state index in [2.05, 4.69) is 56.4 Å². The van der Waals surface area contributed by atoms with E-state index in [9.17, 15) is 0 Å². The third-order valence-electron chi connectivity index (χ3n) is 5.73. The number of nitrogens with zero attached hydrogens (tertiary/aromatic N) is 4. The van der Waals surface area contributed by atoms with Crippen LogP contribution >= 0.6 is 24.0 Å². The Hall–Kier alpha value is -1.13. The van der Waals surface area contributed by atoms with Crippen molar-refractivity contribution in [2.75, 3.05) is 57.9 Å². The molecule has 2 aliphatic rings. The zero-order valence-corrected chi connectivity index (χ0v) is 21.1. The van der Waals surface area contributed by atoms with Crippen LogP contribution in [0.1, 0.15) is 38.7 Å². The second-order valence-corrected chi connectivity index (χ2v) is 8.45. The van der Waals surface area contributed by atoms with Gasteiger partial charge in [-0.15, -0.1) is 24.0 Å². The first-order valence-corrected chi connectivity index (χ1v) is 11.1. The number of nitrogens with one attached hydrogen (secondary N) is 2. The van der Waals surface area contributed by atoms with Gasteiger partial charge in [0.1, 0.15) is 5.82 Å². The number of anilines is 1. The van der Waals surface area contributed by atoms with Gasteiger partial charge in [-0.1, -0.05) is 13.8 Å². The molecule has 0 radical (unpaired) electrons. The van der Waals surface area contributed by atoms with Gasteiger partial charge >= 0.3 is 0 Å². The second kappa shape index (κ2) is 13.3. The Kier molecular flexibility index (Phi) is 11.2. The molecule has 30 heavy (non-hydrogen) atoms. The van der Waals surface area contributed by atoms with Gasteiger partial charge in [-0.3, -0.25) is 9.89 Å². The number of hydrogen-bond acceptors (Lipinski definition) is 5. The zero-order chi connectivity index (χ0) is 20.5. The van der Waals surface area contributed by atoms with Gasteiger partial charge in [-0.25, -0.2) is 4.98 Å². The van der Waals surface area contributed by atoms with Crippen molar-refractivity contribution in [1.82, 2.24) is 20.5 Å². The van der Waals surface area contributed by atoms with E-state index in [1.165, 1.54) is 24.8 Å². The van der Waals surface area contributed by atoms with E-state index in [1.807, 2.05) is 13.2 Å². The summed E-state index contributed by atoms with van der Waals surface area (Å²) in [5, 5.41) is 7.01. The number of ether oxygens (including phenoxy) is 1. The normalized spacial score (nSPS) is 18.9. The molecule has 0 bridgehead atoms. The van der Waals surface area contributed by atoms with Crippen LogP contribution in [0, 0.1) is 5.92 Å². The van der Waals surface area contributed by atoms with E-state index < -0.39 is 0 Å². The van der Waals surface area contributed by atoms with Crippen molar-refractivity contribution in [3.05, 3.63) is 23.9 Å². The van der Waals surface area contributed by atoms with Crippen LogP contribution in [0.25, 0.3) is 0 Å². The van der Waals surface area contributed by atoms with Gasteiger partial charge in [0, 0.05) is 58.6 Å². The first-order valence-electron chi connectivity index (χ1n) is 11.1. The summed E-state index contributed by atoms with van der Waals surface area (Å²) in [6.45, 7) is 12.2. The van der Waals surface area contributed by atoms with Gasteiger partial charge < -0.3 is 20.3 Å². The molecule has 0 spiro atoms. The molecule has 2 N–H and O–H groups in total. The summed E-state index contributed by atoms with van der Waals surface area (Å²) >= 11 is 0. The van der Waals surface area contributed by atoms with Gasteiger partial charge in [0.05, 0.1) is 13.2 Å². The molecular weight excluding hydrogens is 491 g/mol. The van der Waals surface area contributed by atoms with Crippen molar-refractivity contribution >= 4 is 35.8 Å². The van der Waals surface area contributed by atoms with Crippen molar-refractivity contribution in [2.45, 2.75) is 45.7 Å². The molecule has 1 aromatic rings. The monoisotopic (exact) mass is 530 g/mol. The molecule has 1 atom stereocenters. The number of hydrogen-bond donors (Lipinski definition) is 2. The lowest BCUT2D eigenvalue weighted by Crippen LogP contribution is -2.50. The zero-order valence-electron chi connectivity index (χ0n) is 18.8. The van der Waals surface area contributed by atoms with E-state index in [4.69, 9.17) is 4.74 Å². The molecule has 3 heterocycles. The molecular formula is C22H39IN6O. The SMILES string of the molecule is CN=C(NCc1ccnc(N2CCCC2)c1)NCC(CC(C)C)N1CCOCC1.I. The summed E-state index contributed by atoms with van der Waals surface area (Å²) in [4.78, 5) is 13.9. The van der Waals surface area contributed by atoms with Crippen LogP contribution < -0.4 is 15.5 Å². The highest BCUT2D eigenvalue weighted by Gasteiger charge is 2.22. The molecule has 1 aromatic heterocycles. The molecule has 7 nitrogen and oxygen atoms in total. The highest BCUT2D eigenvalue weighted by Crippen LogP contribution is 2.18. The smallest absolute Gasteiger partial charge is 0.191 e. The van der Waals surface area contributed by atoms with Crippen molar-refractivity contribution in [2.24, 2.45) is 10.9 Å².